The second-order valence-corrected chi connectivity index (χ2v) is 6.70. The molecule has 0 aliphatic carbocycles. The van der Waals surface area contributed by atoms with E-state index in [9.17, 15) is 9.18 Å². The molecule has 3 N–H and O–H groups in total. The number of halogens is 1. The first-order valence-corrected chi connectivity index (χ1v) is 9.54. The van der Waals surface area contributed by atoms with Gasteiger partial charge in [-0.25, -0.2) is 14.4 Å². The molecule has 0 saturated carbocycles. The Morgan fingerprint density at radius 3 is 3.00 bits per heavy atom. The first-order valence-electron chi connectivity index (χ1n) is 9.54. The van der Waals surface area contributed by atoms with Crippen molar-refractivity contribution in [3.05, 3.63) is 77.3 Å². The number of nitrogens with zero attached hydrogens (tertiary/aromatic N) is 4. The van der Waals surface area contributed by atoms with Crippen LogP contribution >= 0.6 is 0 Å². The van der Waals surface area contributed by atoms with E-state index in [1.807, 2.05) is 0 Å². The Labute approximate surface area is 176 Å². The van der Waals surface area contributed by atoms with E-state index in [1.165, 1.54) is 24.6 Å². The maximum absolute atomic E-state index is 13.6. The van der Waals surface area contributed by atoms with Gasteiger partial charge in [-0.05, 0) is 30.3 Å². The Bertz CT molecular complexity index is 1260. The summed E-state index contributed by atoms with van der Waals surface area (Å²) in [5.41, 5.74) is 2.45. The van der Waals surface area contributed by atoms with E-state index >= 15 is 0 Å². The highest BCUT2D eigenvalue weighted by Gasteiger charge is 2.13. The van der Waals surface area contributed by atoms with E-state index in [0.29, 0.717) is 31.0 Å². The standard InChI is InChI=1S/C21H18FN7O2/c22-14-2-1-6-25-17(14)10-26-21(30)18-12-31-20(29-18)5-7-24-11-19-27-15-4-3-13(9-23)8-16(15)28-19/h1-4,6,8,12,24H,5,7,10-11H2,(H,26,30)(H,27,28). The average molecular weight is 419 g/mol. The lowest BCUT2D eigenvalue weighted by Gasteiger charge is -2.03. The Hall–Kier alpha value is -4.10. The van der Waals surface area contributed by atoms with E-state index in [4.69, 9.17) is 9.68 Å². The van der Waals surface area contributed by atoms with Crippen molar-refractivity contribution in [2.75, 3.05) is 6.54 Å². The van der Waals surface area contributed by atoms with Crippen LogP contribution in [0.1, 0.15) is 33.5 Å². The molecule has 1 aromatic carbocycles. The van der Waals surface area contributed by atoms with Gasteiger partial charge in [-0.1, -0.05) is 0 Å². The lowest BCUT2D eigenvalue weighted by atomic mass is 10.2. The van der Waals surface area contributed by atoms with Crippen LogP contribution in [0, 0.1) is 17.1 Å². The van der Waals surface area contributed by atoms with E-state index in [1.54, 1.807) is 18.2 Å². The zero-order chi connectivity index (χ0) is 21.6. The van der Waals surface area contributed by atoms with Gasteiger partial charge in [0.2, 0.25) is 0 Å². The molecule has 31 heavy (non-hydrogen) atoms. The van der Waals surface area contributed by atoms with Crippen LogP contribution in [0.4, 0.5) is 4.39 Å². The molecule has 0 spiro atoms. The van der Waals surface area contributed by atoms with Gasteiger partial charge in [0.15, 0.2) is 11.6 Å². The highest BCUT2D eigenvalue weighted by Crippen LogP contribution is 2.13. The SMILES string of the molecule is N#Cc1ccc2nc(CNCCc3nc(C(=O)NCc4ncccc4F)co3)[nH]c2c1. The van der Waals surface area contributed by atoms with Crippen LogP contribution in [-0.4, -0.2) is 32.4 Å². The van der Waals surface area contributed by atoms with Crippen LogP contribution in [0.3, 0.4) is 0 Å². The number of nitriles is 1. The van der Waals surface area contributed by atoms with Gasteiger partial charge in [0, 0.05) is 19.2 Å². The Kier molecular flexibility index (Phi) is 5.96. The van der Waals surface area contributed by atoms with Crippen LogP contribution < -0.4 is 10.6 Å². The molecule has 1 amide bonds. The van der Waals surface area contributed by atoms with Crippen molar-refractivity contribution in [3.8, 4) is 6.07 Å². The molecule has 0 radical (unpaired) electrons. The number of hydrogen-bond acceptors (Lipinski definition) is 7. The molecular formula is C21H18FN7O2. The largest absolute Gasteiger partial charge is 0.448 e. The summed E-state index contributed by atoms with van der Waals surface area (Å²) < 4.78 is 18.9. The van der Waals surface area contributed by atoms with Crippen LogP contribution in [0.15, 0.2) is 47.2 Å². The van der Waals surface area contributed by atoms with Crippen molar-refractivity contribution in [2.24, 2.45) is 0 Å². The summed E-state index contributed by atoms with van der Waals surface area (Å²) in [6.07, 6.45) is 3.20. The van der Waals surface area contributed by atoms with Crippen LogP contribution in [0.25, 0.3) is 11.0 Å². The van der Waals surface area contributed by atoms with Gasteiger partial charge in [-0.3, -0.25) is 9.78 Å². The highest BCUT2D eigenvalue weighted by molar-refractivity contribution is 5.91. The molecule has 4 aromatic rings. The monoisotopic (exact) mass is 419 g/mol. The second kappa shape index (κ2) is 9.15. The molecular weight excluding hydrogens is 401 g/mol. The number of aromatic nitrogens is 4. The van der Waals surface area contributed by atoms with Gasteiger partial charge >= 0.3 is 0 Å². The number of rotatable bonds is 8. The minimum atomic E-state index is -0.482. The lowest BCUT2D eigenvalue weighted by molar-refractivity contribution is 0.0945. The predicted octanol–water partition coefficient (Wildman–Crippen LogP) is 2.22. The highest BCUT2D eigenvalue weighted by atomic mass is 19.1. The third-order valence-corrected chi connectivity index (χ3v) is 4.50. The summed E-state index contributed by atoms with van der Waals surface area (Å²) >= 11 is 0. The Morgan fingerprint density at radius 2 is 2.16 bits per heavy atom. The fourth-order valence-electron chi connectivity index (χ4n) is 2.95. The van der Waals surface area contributed by atoms with Crippen molar-refractivity contribution in [1.29, 1.82) is 5.26 Å². The third-order valence-electron chi connectivity index (χ3n) is 4.50. The number of pyridine rings is 1. The fraction of sp³-hybridized carbons (Fsp3) is 0.190. The molecule has 156 valence electrons. The zero-order valence-electron chi connectivity index (χ0n) is 16.4. The predicted molar refractivity (Wildman–Crippen MR) is 108 cm³/mol. The van der Waals surface area contributed by atoms with Crippen LogP contribution in [-0.2, 0) is 19.5 Å². The zero-order valence-corrected chi connectivity index (χ0v) is 16.4. The molecule has 3 aromatic heterocycles. The van der Waals surface area contributed by atoms with Crippen molar-refractivity contribution >= 4 is 16.9 Å². The Balaban J connectivity index is 1.24. The van der Waals surface area contributed by atoms with E-state index < -0.39 is 11.7 Å². The van der Waals surface area contributed by atoms with Crippen LogP contribution in [0.2, 0.25) is 0 Å². The number of aromatic amines is 1. The molecule has 9 nitrogen and oxygen atoms in total. The number of oxazole rings is 1. The second-order valence-electron chi connectivity index (χ2n) is 6.70. The van der Waals surface area contributed by atoms with Crippen LogP contribution in [0.5, 0.6) is 0 Å². The number of H-pyrrole nitrogens is 1. The number of nitrogens with one attached hydrogen (secondary N) is 3. The van der Waals surface area contributed by atoms with Crippen molar-refractivity contribution < 1.29 is 13.6 Å². The van der Waals surface area contributed by atoms with Gasteiger partial charge in [0.1, 0.15) is 17.9 Å². The molecule has 0 unspecified atom stereocenters. The molecule has 0 bridgehead atoms. The molecule has 0 atom stereocenters. The quantitative estimate of drug-likeness (QED) is 0.373. The molecule has 4 rings (SSSR count). The summed E-state index contributed by atoms with van der Waals surface area (Å²) in [6, 6.07) is 10.1. The number of fused-ring (bicyclic) bond motifs is 1. The minimum absolute atomic E-state index is 0.0391. The summed E-state index contributed by atoms with van der Waals surface area (Å²) in [5, 5.41) is 14.7. The summed E-state index contributed by atoms with van der Waals surface area (Å²) in [5.74, 6) is 0.209. The third kappa shape index (κ3) is 4.91. The fourth-order valence-corrected chi connectivity index (χ4v) is 2.95. The molecule has 0 fully saturated rings. The first kappa shape index (κ1) is 20.2. The van der Waals surface area contributed by atoms with Crippen molar-refractivity contribution in [1.82, 2.24) is 30.6 Å². The number of imidazole rings is 1. The van der Waals surface area contributed by atoms with Gasteiger partial charge in [-0.2, -0.15) is 5.26 Å². The molecule has 10 heteroatoms. The Morgan fingerprint density at radius 1 is 1.26 bits per heavy atom. The number of carbonyl (C=O) groups is 1. The lowest BCUT2D eigenvalue weighted by Crippen LogP contribution is -2.24. The maximum atomic E-state index is 13.6. The molecule has 3 heterocycles. The summed E-state index contributed by atoms with van der Waals surface area (Å²) in [6.45, 7) is 1.02. The summed E-state index contributed by atoms with van der Waals surface area (Å²) in [4.78, 5) is 27.8. The molecule has 0 aliphatic rings. The van der Waals surface area contributed by atoms with E-state index in [0.717, 1.165) is 16.9 Å². The molecule has 0 saturated heterocycles. The van der Waals surface area contributed by atoms with E-state index in [-0.39, 0.29) is 17.9 Å². The van der Waals surface area contributed by atoms with E-state index in [2.05, 4.69) is 36.6 Å². The topological polar surface area (TPSA) is 133 Å². The number of benzene rings is 1. The van der Waals surface area contributed by atoms with Gasteiger partial charge in [0.25, 0.3) is 5.91 Å². The maximum Gasteiger partial charge on any atom is 0.273 e. The number of hydrogen-bond donors (Lipinski definition) is 3. The van der Waals surface area contributed by atoms with Gasteiger partial charge in [-0.15, -0.1) is 0 Å². The smallest absolute Gasteiger partial charge is 0.273 e. The number of carbonyl (C=O) groups excluding carboxylic acids is 1. The first-order chi connectivity index (χ1) is 15.1. The number of amides is 1. The van der Waals surface area contributed by atoms with Gasteiger partial charge < -0.3 is 20.0 Å². The normalized spacial score (nSPS) is 10.8. The average Bonchev–Trinajstić information content (AvgIpc) is 3.42. The van der Waals surface area contributed by atoms with Crippen molar-refractivity contribution in [2.45, 2.75) is 19.5 Å². The minimum Gasteiger partial charge on any atom is -0.448 e. The van der Waals surface area contributed by atoms with Crippen molar-refractivity contribution in [3.63, 3.8) is 0 Å². The van der Waals surface area contributed by atoms with Gasteiger partial charge in [0.05, 0.1) is 41.4 Å². The summed E-state index contributed by atoms with van der Waals surface area (Å²) in [7, 11) is 0. The molecule has 0 aliphatic heterocycles.